The fraction of sp³-hybridized carbons (Fsp3) is 0.185. The minimum atomic E-state index is -0.380. The number of Topliss-reactive ketones (excluding diaryl/α,β-unsaturated/α-hetero) is 1. The first-order valence-electron chi connectivity index (χ1n) is 11.0. The van der Waals surface area contributed by atoms with E-state index in [1.165, 1.54) is 7.11 Å². The van der Waals surface area contributed by atoms with Crippen molar-refractivity contribution in [2.24, 2.45) is 0 Å². The quantitative estimate of drug-likeness (QED) is 0.312. The van der Waals surface area contributed by atoms with Gasteiger partial charge in [0.1, 0.15) is 11.5 Å². The highest BCUT2D eigenvalue weighted by Gasteiger charge is 2.39. The lowest BCUT2D eigenvalue weighted by Gasteiger charge is -2.26. The molecule has 3 heterocycles. The molecule has 0 aliphatic carbocycles. The van der Waals surface area contributed by atoms with Gasteiger partial charge in [-0.05, 0) is 42.0 Å². The van der Waals surface area contributed by atoms with E-state index in [2.05, 4.69) is 0 Å². The summed E-state index contributed by atoms with van der Waals surface area (Å²) in [5.41, 5.74) is 2.52. The smallest absolute Gasteiger partial charge is 0.312 e. The van der Waals surface area contributed by atoms with E-state index >= 15 is 0 Å². The van der Waals surface area contributed by atoms with Crippen LogP contribution in [-0.2, 0) is 4.79 Å². The molecule has 0 N–H and O–H groups in total. The molecule has 8 heteroatoms. The van der Waals surface area contributed by atoms with E-state index in [0.717, 1.165) is 5.56 Å². The van der Waals surface area contributed by atoms with Gasteiger partial charge in [0.15, 0.2) is 28.8 Å². The third-order valence-corrected chi connectivity index (χ3v) is 6.30. The van der Waals surface area contributed by atoms with Crippen LogP contribution < -0.4 is 28.4 Å². The minimum Gasteiger partial charge on any atom is -0.493 e. The summed E-state index contributed by atoms with van der Waals surface area (Å²) < 4.78 is 33.4. The van der Waals surface area contributed by atoms with Gasteiger partial charge in [-0.1, -0.05) is 18.2 Å². The number of esters is 1. The van der Waals surface area contributed by atoms with E-state index in [9.17, 15) is 9.59 Å². The van der Waals surface area contributed by atoms with Crippen molar-refractivity contribution in [1.29, 1.82) is 0 Å². The molecule has 176 valence electrons. The number of ketones is 1. The molecular formula is C27H20O8. The second-order valence-corrected chi connectivity index (χ2v) is 8.22. The molecule has 0 unspecified atom stereocenters. The Balaban J connectivity index is 1.45. The summed E-state index contributed by atoms with van der Waals surface area (Å²) in [7, 11) is 3.08. The molecule has 0 aromatic heterocycles. The van der Waals surface area contributed by atoms with Crippen molar-refractivity contribution in [3.63, 3.8) is 0 Å². The first kappa shape index (κ1) is 21.1. The van der Waals surface area contributed by atoms with Crippen LogP contribution in [0.4, 0.5) is 0 Å². The van der Waals surface area contributed by atoms with Crippen LogP contribution in [0.2, 0.25) is 0 Å². The van der Waals surface area contributed by atoms with Crippen LogP contribution in [0, 0.1) is 0 Å². The minimum absolute atomic E-state index is 0.101. The van der Waals surface area contributed by atoms with Crippen molar-refractivity contribution in [2.45, 2.75) is 12.3 Å². The second-order valence-electron chi connectivity index (χ2n) is 8.22. The second kappa shape index (κ2) is 8.09. The largest absolute Gasteiger partial charge is 0.493 e. The highest BCUT2D eigenvalue weighted by Crippen LogP contribution is 2.50. The van der Waals surface area contributed by atoms with Gasteiger partial charge in [0.05, 0.1) is 26.2 Å². The zero-order valence-corrected chi connectivity index (χ0v) is 19.0. The average molecular weight is 472 g/mol. The van der Waals surface area contributed by atoms with Crippen LogP contribution in [0.3, 0.4) is 0 Å². The molecule has 3 aromatic carbocycles. The van der Waals surface area contributed by atoms with E-state index in [4.69, 9.17) is 28.4 Å². The third kappa shape index (κ3) is 3.37. The molecule has 0 spiro atoms. The van der Waals surface area contributed by atoms with E-state index < -0.39 is 0 Å². The lowest BCUT2D eigenvalue weighted by molar-refractivity contribution is -0.135. The van der Waals surface area contributed by atoms with Gasteiger partial charge in [0, 0.05) is 17.0 Å². The SMILES string of the molecule is COc1cccc(/C=C2\Oc3c(ccc4c3[C@@H](c3ccc5c(c3)OCO5)CC(=O)O4)C2=O)c1OC. The van der Waals surface area contributed by atoms with Crippen molar-refractivity contribution < 1.29 is 38.0 Å². The fourth-order valence-corrected chi connectivity index (χ4v) is 4.69. The monoisotopic (exact) mass is 472 g/mol. The number of hydrogen-bond acceptors (Lipinski definition) is 8. The van der Waals surface area contributed by atoms with Crippen molar-refractivity contribution in [3.05, 3.63) is 76.5 Å². The molecule has 0 amide bonds. The molecule has 0 radical (unpaired) electrons. The van der Waals surface area contributed by atoms with Crippen LogP contribution in [0.25, 0.3) is 6.08 Å². The first-order chi connectivity index (χ1) is 17.1. The maximum Gasteiger partial charge on any atom is 0.312 e. The standard InChI is InChI=1S/C27H20O8/c1-30-20-5-3-4-15(26(20)31-2)11-22-25(29)16-7-9-19-24(27(16)35-22)17(12-23(28)34-19)14-6-8-18-21(10-14)33-13-32-18/h3-11,17H,12-13H2,1-2H3/b22-11-/t17-/m1/s1. The lowest BCUT2D eigenvalue weighted by Crippen LogP contribution is -2.21. The van der Waals surface area contributed by atoms with Gasteiger partial charge in [-0.3, -0.25) is 9.59 Å². The summed E-state index contributed by atoms with van der Waals surface area (Å²) >= 11 is 0. The number of methoxy groups -OCH3 is 2. The maximum absolute atomic E-state index is 13.3. The number of ether oxygens (including phenoxy) is 6. The molecule has 3 aliphatic rings. The Morgan fingerprint density at radius 3 is 2.57 bits per heavy atom. The molecule has 3 aromatic rings. The Hall–Kier alpha value is -4.46. The van der Waals surface area contributed by atoms with Crippen molar-refractivity contribution in [3.8, 4) is 34.5 Å². The highest BCUT2D eigenvalue weighted by atomic mass is 16.7. The van der Waals surface area contributed by atoms with Gasteiger partial charge >= 0.3 is 5.97 Å². The Labute approximate surface area is 200 Å². The molecule has 0 bridgehead atoms. The average Bonchev–Trinajstić information content (AvgIpc) is 3.47. The Morgan fingerprint density at radius 1 is 0.914 bits per heavy atom. The van der Waals surface area contributed by atoms with Crippen molar-refractivity contribution in [1.82, 2.24) is 0 Å². The zero-order valence-electron chi connectivity index (χ0n) is 19.0. The molecule has 1 atom stereocenters. The van der Waals surface area contributed by atoms with Crippen LogP contribution in [0.1, 0.15) is 39.4 Å². The van der Waals surface area contributed by atoms with Crippen molar-refractivity contribution in [2.75, 3.05) is 21.0 Å². The Bertz CT molecular complexity index is 1420. The third-order valence-electron chi connectivity index (χ3n) is 6.30. The normalized spacial score (nSPS) is 18.6. The number of carbonyl (C=O) groups is 2. The lowest BCUT2D eigenvalue weighted by atomic mass is 9.84. The first-order valence-corrected chi connectivity index (χ1v) is 11.0. The van der Waals surface area contributed by atoms with Gasteiger partial charge in [0.2, 0.25) is 12.6 Å². The maximum atomic E-state index is 13.3. The predicted octanol–water partition coefficient (Wildman–Crippen LogP) is 4.49. The van der Waals surface area contributed by atoms with Gasteiger partial charge in [-0.25, -0.2) is 0 Å². The van der Waals surface area contributed by atoms with E-state index in [-0.39, 0.29) is 36.6 Å². The van der Waals surface area contributed by atoms with Gasteiger partial charge in [-0.15, -0.1) is 0 Å². The van der Waals surface area contributed by atoms with E-state index in [1.54, 1.807) is 43.5 Å². The molecule has 8 nitrogen and oxygen atoms in total. The van der Waals surface area contributed by atoms with Gasteiger partial charge in [0.25, 0.3) is 0 Å². The molecule has 35 heavy (non-hydrogen) atoms. The summed E-state index contributed by atoms with van der Waals surface area (Å²) in [6.07, 6.45) is 1.73. The number of allylic oxidation sites excluding steroid dienone is 1. The fourth-order valence-electron chi connectivity index (χ4n) is 4.69. The summed E-state index contributed by atoms with van der Waals surface area (Å²) in [6.45, 7) is 0.150. The number of benzene rings is 3. The summed E-state index contributed by atoms with van der Waals surface area (Å²) in [6, 6.07) is 14.2. The van der Waals surface area contributed by atoms with E-state index in [0.29, 0.717) is 51.2 Å². The molecule has 0 fully saturated rings. The topological polar surface area (TPSA) is 89.5 Å². The van der Waals surface area contributed by atoms with E-state index in [1.807, 2.05) is 18.2 Å². The van der Waals surface area contributed by atoms with Crippen molar-refractivity contribution >= 4 is 17.8 Å². The molecule has 3 aliphatic heterocycles. The molecule has 0 saturated carbocycles. The summed E-state index contributed by atoms with van der Waals surface area (Å²) in [5.74, 6) is 2.17. The van der Waals surface area contributed by atoms with Gasteiger partial charge < -0.3 is 28.4 Å². The molecule has 6 rings (SSSR count). The van der Waals surface area contributed by atoms with Crippen LogP contribution in [0.5, 0.6) is 34.5 Å². The zero-order chi connectivity index (χ0) is 24.1. The molecular weight excluding hydrogens is 452 g/mol. The number of para-hydroxylation sites is 1. The molecule has 0 saturated heterocycles. The van der Waals surface area contributed by atoms with Crippen LogP contribution in [0.15, 0.2) is 54.3 Å². The Kier molecular flexibility index (Phi) is 4.88. The number of hydrogen-bond donors (Lipinski definition) is 0. The summed E-state index contributed by atoms with van der Waals surface area (Å²) in [4.78, 5) is 25.7. The van der Waals surface area contributed by atoms with Gasteiger partial charge in [-0.2, -0.15) is 0 Å². The number of carbonyl (C=O) groups excluding carboxylic acids is 2. The van der Waals surface area contributed by atoms with Crippen LogP contribution in [-0.4, -0.2) is 32.8 Å². The highest BCUT2D eigenvalue weighted by molar-refractivity contribution is 6.15. The van der Waals surface area contributed by atoms with Crippen LogP contribution >= 0.6 is 0 Å². The number of fused-ring (bicyclic) bond motifs is 4. The number of rotatable bonds is 4. The predicted molar refractivity (Wildman–Crippen MR) is 124 cm³/mol. The summed E-state index contributed by atoms with van der Waals surface area (Å²) in [5, 5.41) is 0. The Morgan fingerprint density at radius 2 is 1.74 bits per heavy atom.